The Morgan fingerprint density at radius 3 is 2.71 bits per heavy atom. The highest BCUT2D eigenvalue weighted by atomic mass is 79.9. The number of halogens is 1. The molecule has 2 rings (SSSR count). The second-order valence-corrected chi connectivity index (χ2v) is 5.78. The predicted molar refractivity (Wildman–Crippen MR) is 72.2 cm³/mol. The van der Waals surface area contributed by atoms with Crippen LogP contribution in [0.25, 0.3) is 0 Å². The fourth-order valence-corrected chi connectivity index (χ4v) is 2.60. The highest BCUT2D eigenvalue weighted by Crippen LogP contribution is 2.37. The van der Waals surface area contributed by atoms with E-state index in [4.69, 9.17) is 0 Å². The van der Waals surface area contributed by atoms with Crippen LogP contribution in [-0.2, 0) is 0 Å². The van der Waals surface area contributed by atoms with Gasteiger partial charge in [-0.1, -0.05) is 0 Å². The Balaban J connectivity index is 2.29. The van der Waals surface area contributed by atoms with Gasteiger partial charge in [0.15, 0.2) is 0 Å². The van der Waals surface area contributed by atoms with Crippen LogP contribution in [-0.4, -0.2) is 28.0 Å². The summed E-state index contributed by atoms with van der Waals surface area (Å²) in [5, 5.41) is 0. The van der Waals surface area contributed by atoms with Gasteiger partial charge in [-0.25, -0.2) is 0 Å². The minimum Gasteiger partial charge on any atom is -0.339 e. The summed E-state index contributed by atoms with van der Waals surface area (Å²) in [6.45, 7) is 6.89. The van der Waals surface area contributed by atoms with Crippen molar-refractivity contribution in [2.75, 3.05) is 6.54 Å². The van der Waals surface area contributed by atoms with Gasteiger partial charge in [0.05, 0.1) is 0 Å². The van der Waals surface area contributed by atoms with E-state index in [-0.39, 0.29) is 11.9 Å². The molecule has 0 saturated heterocycles. The summed E-state index contributed by atoms with van der Waals surface area (Å²) in [5.74, 6) is 0.139. The molecule has 1 aromatic heterocycles. The molecule has 94 valence electrons. The van der Waals surface area contributed by atoms with Gasteiger partial charge in [0.2, 0.25) is 0 Å². The number of hydrogen-bond donors (Lipinski definition) is 0. The molecule has 3 nitrogen and oxygen atoms in total. The van der Waals surface area contributed by atoms with Crippen LogP contribution in [0.2, 0.25) is 0 Å². The van der Waals surface area contributed by atoms with E-state index in [0.29, 0.717) is 6.04 Å². The molecule has 1 heterocycles. The first-order chi connectivity index (χ1) is 8.04. The van der Waals surface area contributed by atoms with E-state index in [0.717, 1.165) is 16.7 Å². The third kappa shape index (κ3) is 2.57. The molecule has 4 heteroatoms. The maximum Gasteiger partial charge on any atom is 0.270 e. The molecule has 1 aliphatic carbocycles. The van der Waals surface area contributed by atoms with Gasteiger partial charge in [-0.05, 0) is 55.6 Å². The average Bonchev–Trinajstić information content (AvgIpc) is 3.02. The summed E-state index contributed by atoms with van der Waals surface area (Å²) < 4.78 is 3.12. The van der Waals surface area contributed by atoms with Gasteiger partial charge in [-0.15, -0.1) is 0 Å². The third-order valence-electron chi connectivity index (χ3n) is 3.20. The van der Waals surface area contributed by atoms with Gasteiger partial charge < -0.3 is 9.47 Å². The van der Waals surface area contributed by atoms with Crippen LogP contribution in [0.4, 0.5) is 0 Å². The molecule has 0 aromatic carbocycles. The van der Waals surface area contributed by atoms with Gasteiger partial charge in [0.1, 0.15) is 5.69 Å². The van der Waals surface area contributed by atoms with Gasteiger partial charge in [0.25, 0.3) is 5.91 Å². The summed E-state index contributed by atoms with van der Waals surface area (Å²) >= 11 is 3.46. The van der Waals surface area contributed by atoms with E-state index in [1.807, 2.05) is 24.1 Å². The van der Waals surface area contributed by atoms with Gasteiger partial charge >= 0.3 is 0 Å². The molecular weight excluding hydrogens is 280 g/mol. The first-order valence-corrected chi connectivity index (χ1v) is 7.02. The summed E-state index contributed by atoms with van der Waals surface area (Å²) in [6, 6.07) is 2.71. The van der Waals surface area contributed by atoms with E-state index in [9.17, 15) is 4.79 Å². The maximum absolute atomic E-state index is 12.5. The standard InChI is InChI=1S/C13H19BrN2O/c1-4-15(9(2)3)13(17)12-7-10(14)8-16(12)11-5-6-11/h7-9,11H,4-6H2,1-3H3. The Labute approximate surface area is 111 Å². The number of aromatic nitrogens is 1. The molecule has 1 amide bonds. The minimum absolute atomic E-state index is 0.139. The van der Waals surface area contributed by atoms with E-state index >= 15 is 0 Å². The van der Waals surface area contributed by atoms with Crippen LogP contribution >= 0.6 is 15.9 Å². The van der Waals surface area contributed by atoms with Crippen molar-refractivity contribution in [3.05, 3.63) is 22.4 Å². The molecular formula is C13H19BrN2O. The highest BCUT2D eigenvalue weighted by Gasteiger charge is 2.29. The molecule has 0 bridgehead atoms. The first-order valence-electron chi connectivity index (χ1n) is 6.23. The van der Waals surface area contributed by atoms with Crippen LogP contribution in [0.5, 0.6) is 0 Å². The van der Waals surface area contributed by atoms with Crippen molar-refractivity contribution in [2.24, 2.45) is 0 Å². The number of rotatable bonds is 4. The molecule has 1 aromatic rings. The smallest absolute Gasteiger partial charge is 0.270 e. The summed E-state index contributed by atoms with van der Waals surface area (Å²) in [6.07, 6.45) is 4.41. The molecule has 1 aliphatic rings. The number of nitrogens with zero attached hydrogens (tertiary/aromatic N) is 2. The molecule has 0 spiro atoms. The van der Waals surface area contributed by atoms with Crippen molar-refractivity contribution in [3.63, 3.8) is 0 Å². The molecule has 0 atom stereocenters. The monoisotopic (exact) mass is 298 g/mol. The number of carbonyl (C=O) groups is 1. The van der Waals surface area contributed by atoms with Crippen LogP contribution in [0.3, 0.4) is 0 Å². The largest absolute Gasteiger partial charge is 0.339 e. The van der Waals surface area contributed by atoms with Gasteiger partial charge in [-0.3, -0.25) is 4.79 Å². The maximum atomic E-state index is 12.5. The molecule has 17 heavy (non-hydrogen) atoms. The van der Waals surface area contributed by atoms with Crippen LogP contribution < -0.4 is 0 Å². The quantitative estimate of drug-likeness (QED) is 0.836. The molecule has 1 fully saturated rings. The second kappa shape index (κ2) is 4.84. The lowest BCUT2D eigenvalue weighted by molar-refractivity contribution is 0.0705. The van der Waals surface area contributed by atoms with E-state index in [2.05, 4.69) is 34.3 Å². The third-order valence-corrected chi connectivity index (χ3v) is 3.63. The van der Waals surface area contributed by atoms with Crippen LogP contribution in [0.1, 0.15) is 50.1 Å². The average molecular weight is 299 g/mol. The lowest BCUT2D eigenvalue weighted by Gasteiger charge is -2.25. The Morgan fingerprint density at radius 1 is 1.59 bits per heavy atom. The summed E-state index contributed by atoms with van der Waals surface area (Å²) in [4.78, 5) is 14.4. The molecule has 0 radical (unpaired) electrons. The van der Waals surface area contributed by atoms with E-state index in [1.165, 1.54) is 12.8 Å². The Kier molecular flexibility index (Phi) is 3.61. The summed E-state index contributed by atoms with van der Waals surface area (Å²) in [5.41, 5.74) is 0.815. The number of amides is 1. The van der Waals surface area contributed by atoms with Crippen molar-refractivity contribution in [3.8, 4) is 0 Å². The fraction of sp³-hybridized carbons (Fsp3) is 0.615. The van der Waals surface area contributed by atoms with Crippen LogP contribution in [0.15, 0.2) is 16.7 Å². The predicted octanol–water partition coefficient (Wildman–Crippen LogP) is 3.46. The highest BCUT2D eigenvalue weighted by molar-refractivity contribution is 9.10. The Morgan fingerprint density at radius 2 is 2.24 bits per heavy atom. The Hall–Kier alpha value is -0.770. The van der Waals surface area contributed by atoms with Crippen molar-refractivity contribution in [1.29, 1.82) is 0 Å². The molecule has 0 N–H and O–H groups in total. The normalized spacial score (nSPS) is 15.4. The Bertz CT molecular complexity index is 421. The SMILES string of the molecule is CCN(C(=O)c1cc(Br)cn1C1CC1)C(C)C. The number of carbonyl (C=O) groups excluding carboxylic acids is 1. The lowest BCUT2D eigenvalue weighted by atomic mass is 10.2. The first kappa shape index (κ1) is 12.7. The number of hydrogen-bond acceptors (Lipinski definition) is 1. The van der Waals surface area contributed by atoms with Crippen molar-refractivity contribution in [2.45, 2.75) is 45.7 Å². The van der Waals surface area contributed by atoms with Gasteiger partial charge in [0, 0.05) is 29.3 Å². The molecule has 0 aliphatic heterocycles. The molecule has 1 saturated carbocycles. The van der Waals surface area contributed by atoms with Crippen LogP contribution in [0, 0.1) is 0 Å². The van der Waals surface area contributed by atoms with Crippen molar-refractivity contribution >= 4 is 21.8 Å². The summed E-state index contributed by atoms with van der Waals surface area (Å²) in [7, 11) is 0. The fourth-order valence-electron chi connectivity index (χ4n) is 2.16. The zero-order valence-corrected chi connectivity index (χ0v) is 12.2. The zero-order chi connectivity index (χ0) is 12.6. The lowest BCUT2D eigenvalue weighted by Crippen LogP contribution is -2.37. The van der Waals surface area contributed by atoms with Gasteiger partial charge in [-0.2, -0.15) is 0 Å². The topological polar surface area (TPSA) is 25.2 Å². The van der Waals surface area contributed by atoms with Crippen molar-refractivity contribution < 1.29 is 4.79 Å². The molecule has 0 unspecified atom stereocenters. The van der Waals surface area contributed by atoms with E-state index in [1.54, 1.807) is 0 Å². The minimum atomic E-state index is 0.139. The van der Waals surface area contributed by atoms with Crippen molar-refractivity contribution in [1.82, 2.24) is 9.47 Å². The van der Waals surface area contributed by atoms with E-state index < -0.39 is 0 Å². The second-order valence-electron chi connectivity index (χ2n) is 4.87. The zero-order valence-electron chi connectivity index (χ0n) is 10.6.